The van der Waals surface area contributed by atoms with Crippen LogP contribution in [0.1, 0.15) is 24.6 Å². The Morgan fingerprint density at radius 1 is 1.60 bits per heavy atom. The predicted octanol–water partition coefficient (Wildman–Crippen LogP) is 1.18. The van der Waals surface area contributed by atoms with Crippen LogP contribution >= 0.6 is 11.3 Å². The molecule has 2 rings (SSSR count). The highest BCUT2D eigenvalue weighted by Crippen LogP contribution is 2.18. The van der Waals surface area contributed by atoms with Gasteiger partial charge in [-0.25, -0.2) is 0 Å². The molecule has 1 aliphatic heterocycles. The van der Waals surface area contributed by atoms with Crippen molar-refractivity contribution in [1.82, 2.24) is 9.03 Å². The van der Waals surface area contributed by atoms with E-state index in [0.29, 0.717) is 19.6 Å². The number of nitrogens with zero attached hydrogens (tertiary/aromatic N) is 1. The fourth-order valence-corrected chi connectivity index (χ4v) is 4.89. The van der Waals surface area contributed by atoms with E-state index < -0.39 is 10.2 Å². The summed E-state index contributed by atoms with van der Waals surface area (Å²) >= 11 is 1.65. The van der Waals surface area contributed by atoms with Crippen LogP contribution in [0, 0.1) is 5.92 Å². The quantitative estimate of drug-likeness (QED) is 0.827. The van der Waals surface area contributed by atoms with Gasteiger partial charge in [-0.05, 0) is 50.1 Å². The zero-order valence-corrected chi connectivity index (χ0v) is 13.4. The maximum atomic E-state index is 12.4. The van der Waals surface area contributed by atoms with Crippen LogP contribution in [0.2, 0.25) is 0 Å². The van der Waals surface area contributed by atoms with Crippen molar-refractivity contribution in [2.45, 2.75) is 32.2 Å². The number of thiophene rings is 1. The molecule has 1 aliphatic rings. The summed E-state index contributed by atoms with van der Waals surface area (Å²) in [5.74, 6) is 0.285. The summed E-state index contributed by atoms with van der Waals surface area (Å²) in [7, 11) is -3.40. The van der Waals surface area contributed by atoms with E-state index in [2.05, 4.69) is 4.72 Å². The third-order valence-corrected chi connectivity index (χ3v) is 6.20. The highest BCUT2D eigenvalue weighted by Gasteiger charge is 2.29. The molecule has 2 heterocycles. The van der Waals surface area contributed by atoms with Gasteiger partial charge in [-0.1, -0.05) is 6.07 Å². The van der Waals surface area contributed by atoms with Crippen LogP contribution in [0.25, 0.3) is 0 Å². The second-order valence-corrected chi connectivity index (χ2v) is 8.14. The van der Waals surface area contributed by atoms with Crippen LogP contribution < -0.4 is 10.5 Å². The molecule has 2 atom stereocenters. The van der Waals surface area contributed by atoms with Gasteiger partial charge in [0.2, 0.25) is 0 Å². The number of hydrogen-bond donors (Lipinski definition) is 2. The molecule has 1 aromatic heterocycles. The summed E-state index contributed by atoms with van der Waals surface area (Å²) < 4.78 is 29.0. The van der Waals surface area contributed by atoms with Gasteiger partial charge in [0.1, 0.15) is 0 Å². The minimum Gasteiger partial charge on any atom is -0.330 e. The predicted molar refractivity (Wildman–Crippen MR) is 82.9 cm³/mol. The number of rotatable bonds is 6. The lowest BCUT2D eigenvalue weighted by molar-refractivity contribution is 0.267. The highest BCUT2D eigenvalue weighted by atomic mass is 32.2. The van der Waals surface area contributed by atoms with Crippen molar-refractivity contribution in [2.75, 3.05) is 19.6 Å². The molecule has 0 bridgehead atoms. The van der Waals surface area contributed by atoms with Gasteiger partial charge in [-0.2, -0.15) is 17.4 Å². The number of piperidine rings is 1. The normalized spacial score (nSPS) is 22.8. The monoisotopic (exact) mass is 317 g/mol. The minimum atomic E-state index is -3.40. The molecule has 0 saturated carbocycles. The van der Waals surface area contributed by atoms with E-state index in [4.69, 9.17) is 5.73 Å². The SMILES string of the molecule is CC(Cc1cccs1)NS(=O)(=O)N1CCCC(CN)C1. The van der Waals surface area contributed by atoms with E-state index in [1.165, 1.54) is 4.88 Å². The maximum absolute atomic E-state index is 12.4. The summed E-state index contributed by atoms with van der Waals surface area (Å²) in [5.41, 5.74) is 5.66. The molecule has 2 unspecified atom stereocenters. The Balaban J connectivity index is 1.92. The van der Waals surface area contributed by atoms with Crippen molar-refractivity contribution >= 4 is 21.5 Å². The second-order valence-electron chi connectivity index (χ2n) is 5.41. The molecular weight excluding hydrogens is 294 g/mol. The van der Waals surface area contributed by atoms with Crippen LogP contribution in [0.3, 0.4) is 0 Å². The Hall–Kier alpha value is -0.470. The zero-order valence-electron chi connectivity index (χ0n) is 11.8. The number of hydrogen-bond acceptors (Lipinski definition) is 4. The van der Waals surface area contributed by atoms with Gasteiger partial charge in [0, 0.05) is 24.0 Å². The van der Waals surface area contributed by atoms with Crippen LogP contribution in [-0.2, 0) is 16.6 Å². The van der Waals surface area contributed by atoms with E-state index in [1.54, 1.807) is 15.6 Å². The first-order chi connectivity index (χ1) is 9.51. The van der Waals surface area contributed by atoms with Gasteiger partial charge >= 0.3 is 0 Å². The molecule has 5 nitrogen and oxygen atoms in total. The number of nitrogens with one attached hydrogen (secondary N) is 1. The van der Waals surface area contributed by atoms with Crippen molar-refractivity contribution < 1.29 is 8.42 Å². The Morgan fingerprint density at radius 3 is 3.05 bits per heavy atom. The fraction of sp³-hybridized carbons (Fsp3) is 0.692. The van der Waals surface area contributed by atoms with E-state index >= 15 is 0 Å². The van der Waals surface area contributed by atoms with E-state index in [1.807, 2.05) is 24.4 Å². The molecule has 0 aliphatic carbocycles. The average Bonchev–Trinajstić information content (AvgIpc) is 2.91. The van der Waals surface area contributed by atoms with E-state index in [-0.39, 0.29) is 12.0 Å². The van der Waals surface area contributed by atoms with Crippen molar-refractivity contribution in [2.24, 2.45) is 11.7 Å². The van der Waals surface area contributed by atoms with Crippen molar-refractivity contribution in [1.29, 1.82) is 0 Å². The van der Waals surface area contributed by atoms with Gasteiger partial charge in [0.05, 0.1) is 0 Å². The smallest absolute Gasteiger partial charge is 0.279 e. The molecule has 114 valence electrons. The van der Waals surface area contributed by atoms with Gasteiger partial charge in [0.25, 0.3) is 10.2 Å². The summed E-state index contributed by atoms with van der Waals surface area (Å²) in [6, 6.07) is 3.91. The van der Waals surface area contributed by atoms with Crippen molar-refractivity contribution in [3.05, 3.63) is 22.4 Å². The zero-order chi connectivity index (χ0) is 14.6. The Bertz CT molecular complexity index is 502. The minimum absolute atomic E-state index is 0.100. The first-order valence-corrected chi connectivity index (χ1v) is 9.33. The van der Waals surface area contributed by atoms with Gasteiger partial charge in [-0.3, -0.25) is 0 Å². The first kappa shape index (κ1) is 15.9. The molecule has 1 fully saturated rings. The molecule has 20 heavy (non-hydrogen) atoms. The summed E-state index contributed by atoms with van der Waals surface area (Å²) in [4.78, 5) is 1.19. The Labute approximate surface area is 125 Å². The van der Waals surface area contributed by atoms with Gasteiger partial charge in [0.15, 0.2) is 0 Å². The van der Waals surface area contributed by atoms with Crippen LogP contribution in [-0.4, -0.2) is 38.4 Å². The topological polar surface area (TPSA) is 75.4 Å². The van der Waals surface area contributed by atoms with E-state index in [0.717, 1.165) is 19.3 Å². The lowest BCUT2D eigenvalue weighted by Crippen LogP contribution is -2.49. The Kier molecular flexibility index (Phi) is 5.57. The second kappa shape index (κ2) is 7.00. The highest BCUT2D eigenvalue weighted by molar-refractivity contribution is 7.87. The van der Waals surface area contributed by atoms with Crippen molar-refractivity contribution in [3.8, 4) is 0 Å². The van der Waals surface area contributed by atoms with E-state index in [9.17, 15) is 8.42 Å². The summed E-state index contributed by atoms with van der Waals surface area (Å²) in [6.45, 7) is 3.59. The third kappa shape index (κ3) is 4.26. The molecule has 0 amide bonds. The molecule has 0 radical (unpaired) electrons. The standard InChI is InChI=1S/C13H23N3O2S2/c1-11(8-13-5-3-7-19-13)15-20(17,18)16-6-2-4-12(9-14)10-16/h3,5,7,11-12,15H,2,4,6,8-10,14H2,1H3. The molecule has 1 saturated heterocycles. The lowest BCUT2D eigenvalue weighted by Gasteiger charge is -2.32. The van der Waals surface area contributed by atoms with Crippen LogP contribution in [0.5, 0.6) is 0 Å². The molecule has 3 N–H and O–H groups in total. The number of nitrogens with two attached hydrogens (primary N) is 1. The Morgan fingerprint density at radius 2 is 2.40 bits per heavy atom. The fourth-order valence-electron chi connectivity index (χ4n) is 2.54. The molecule has 1 aromatic rings. The average molecular weight is 317 g/mol. The van der Waals surface area contributed by atoms with Gasteiger partial charge in [-0.15, -0.1) is 11.3 Å². The lowest BCUT2D eigenvalue weighted by atomic mass is 10.0. The largest absolute Gasteiger partial charge is 0.330 e. The summed E-state index contributed by atoms with van der Waals surface area (Å²) in [5, 5.41) is 2.01. The van der Waals surface area contributed by atoms with Crippen LogP contribution in [0.15, 0.2) is 17.5 Å². The van der Waals surface area contributed by atoms with Crippen molar-refractivity contribution in [3.63, 3.8) is 0 Å². The maximum Gasteiger partial charge on any atom is 0.279 e. The van der Waals surface area contributed by atoms with Gasteiger partial charge < -0.3 is 5.73 Å². The molecule has 0 spiro atoms. The summed E-state index contributed by atoms with van der Waals surface area (Å²) in [6.07, 6.45) is 2.64. The molecule has 0 aromatic carbocycles. The molecular formula is C13H23N3O2S2. The first-order valence-electron chi connectivity index (χ1n) is 7.01. The third-order valence-electron chi connectivity index (χ3n) is 3.59. The van der Waals surface area contributed by atoms with Crippen LogP contribution in [0.4, 0.5) is 0 Å². The molecule has 7 heteroatoms.